The Labute approximate surface area is 226 Å². The number of rotatable bonds is 6. The summed E-state index contributed by atoms with van der Waals surface area (Å²) in [6, 6.07) is 0. The molecule has 3 aliphatic carbocycles. The van der Waals surface area contributed by atoms with Crippen LogP contribution >= 0.6 is 0 Å². The summed E-state index contributed by atoms with van der Waals surface area (Å²) >= 11 is 0. The molecule has 0 amide bonds. The first-order valence-electron chi connectivity index (χ1n) is 16.0. The highest BCUT2D eigenvalue weighted by Gasteiger charge is 2.63. The van der Waals surface area contributed by atoms with Gasteiger partial charge in [0.15, 0.2) is 11.6 Å². The van der Waals surface area contributed by atoms with Crippen molar-refractivity contribution in [1.29, 1.82) is 0 Å². The van der Waals surface area contributed by atoms with Crippen LogP contribution in [0.15, 0.2) is 0 Å². The van der Waals surface area contributed by atoms with Crippen molar-refractivity contribution in [3.05, 3.63) is 0 Å². The van der Waals surface area contributed by atoms with Gasteiger partial charge >= 0.3 is 0 Å². The second-order valence-electron chi connectivity index (χ2n) is 14.9. The molecular formula is C32H55NO4. The fourth-order valence-corrected chi connectivity index (χ4v) is 10.2. The first kappa shape index (κ1) is 27.0. The SMILES string of the molecule is CC(C)C1CC(C2CC(C(C)C)C(CC(C)C3CCC4(CCNC4)C3)CC23OCCO3)C2(C1)OCCO2. The van der Waals surface area contributed by atoms with E-state index in [9.17, 15) is 0 Å². The van der Waals surface area contributed by atoms with Crippen LogP contribution in [0.5, 0.6) is 0 Å². The highest BCUT2D eigenvalue weighted by atomic mass is 16.7. The minimum Gasteiger partial charge on any atom is -0.347 e. The van der Waals surface area contributed by atoms with Crippen molar-refractivity contribution in [3.63, 3.8) is 0 Å². The van der Waals surface area contributed by atoms with Crippen LogP contribution in [-0.2, 0) is 18.9 Å². The topological polar surface area (TPSA) is 49.0 Å². The smallest absolute Gasteiger partial charge is 0.172 e. The molecule has 3 aliphatic heterocycles. The van der Waals surface area contributed by atoms with Crippen LogP contribution in [0.1, 0.15) is 92.4 Å². The van der Waals surface area contributed by atoms with Crippen molar-refractivity contribution in [2.24, 2.45) is 58.7 Å². The van der Waals surface area contributed by atoms with Crippen LogP contribution in [0.2, 0.25) is 0 Å². The van der Waals surface area contributed by atoms with Gasteiger partial charge < -0.3 is 24.3 Å². The molecule has 3 saturated heterocycles. The van der Waals surface area contributed by atoms with Gasteiger partial charge in [-0.25, -0.2) is 0 Å². The minimum absolute atomic E-state index is 0.357. The van der Waals surface area contributed by atoms with Gasteiger partial charge in [0.25, 0.3) is 0 Å². The molecule has 6 aliphatic rings. The summed E-state index contributed by atoms with van der Waals surface area (Å²) in [5.74, 6) is 4.89. The molecule has 0 radical (unpaired) electrons. The third kappa shape index (κ3) is 4.85. The monoisotopic (exact) mass is 517 g/mol. The standard InChI is InChI=1S/C32H55NO4/c1-21(2)25-15-28(31(18-25)34-10-11-35-31)29-16-27(22(3)4)26(19-32(29)36-12-13-37-32)14-23(5)24-6-7-30(17-24)8-9-33-20-30/h21-29,33H,6-20H2,1-5H3. The summed E-state index contributed by atoms with van der Waals surface area (Å²) in [6.45, 7) is 17.7. The molecule has 8 atom stereocenters. The number of ether oxygens (including phenoxy) is 4. The van der Waals surface area contributed by atoms with Crippen molar-refractivity contribution in [1.82, 2.24) is 5.32 Å². The first-order valence-corrected chi connectivity index (χ1v) is 16.0. The zero-order valence-electron chi connectivity index (χ0n) is 24.4. The molecular weight excluding hydrogens is 462 g/mol. The predicted molar refractivity (Wildman–Crippen MR) is 146 cm³/mol. The summed E-state index contributed by atoms with van der Waals surface area (Å²) in [5, 5.41) is 3.66. The van der Waals surface area contributed by atoms with Crippen LogP contribution in [-0.4, -0.2) is 51.1 Å². The summed E-state index contributed by atoms with van der Waals surface area (Å²) in [4.78, 5) is 0. The quantitative estimate of drug-likeness (QED) is 0.451. The third-order valence-corrected chi connectivity index (χ3v) is 12.3. The molecule has 3 spiro atoms. The normalized spacial score (nSPS) is 43.9. The van der Waals surface area contributed by atoms with Gasteiger partial charge in [-0.3, -0.25) is 0 Å². The van der Waals surface area contributed by atoms with E-state index in [-0.39, 0.29) is 0 Å². The van der Waals surface area contributed by atoms with Gasteiger partial charge in [-0.05, 0) is 98.3 Å². The highest BCUT2D eigenvalue weighted by Crippen LogP contribution is 2.60. The first-order chi connectivity index (χ1) is 17.7. The Balaban J connectivity index is 1.23. The Kier molecular flexibility index (Phi) is 7.53. The number of hydrogen-bond donors (Lipinski definition) is 1. The van der Waals surface area contributed by atoms with Crippen molar-refractivity contribution >= 4 is 0 Å². The minimum atomic E-state index is -0.444. The molecule has 6 fully saturated rings. The number of nitrogens with one attached hydrogen (secondary N) is 1. The lowest BCUT2D eigenvalue weighted by Gasteiger charge is -2.52. The molecule has 8 unspecified atom stereocenters. The molecule has 5 nitrogen and oxygen atoms in total. The molecule has 5 heteroatoms. The van der Waals surface area contributed by atoms with Gasteiger partial charge in [-0.1, -0.05) is 34.6 Å². The number of hydrogen-bond acceptors (Lipinski definition) is 5. The second kappa shape index (κ2) is 10.3. The molecule has 6 rings (SSSR count). The van der Waals surface area contributed by atoms with E-state index in [2.05, 4.69) is 39.9 Å². The average molecular weight is 518 g/mol. The zero-order chi connectivity index (χ0) is 25.8. The summed E-state index contributed by atoms with van der Waals surface area (Å²) in [6.07, 6.45) is 11.5. The zero-order valence-corrected chi connectivity index (χ0v) is 24.4. The molecule has 0 bridgehead atoms. The molecule has 0 aromatic heterocycles. The van der Waals surface area contributed by atoms with Gasteiger partial charge in [0.2, 0.25) is 0 Å². The van der Waals surface area contributed by atoms with Crippen molar-refractivity contribution in [2.45, 2.75) is 104 Å². The second-order valence-corrected chi connectivity index (χ2v) is 14.9. The van der Waals surface area contributed by atoms with E-state index in [0.29, 0.717) is 46.8 Å². The van der Waals surface area contributed by atoms with Crippen molar-refractivity contribution in [2.75, 3.05) is 39.5 Å². The maximum atomic E-state index is 6.70. The summed E-state index contributed by atoms with van der Waals surface area (Å²) in [5.41, 5.74) is 0.609. The largest absolute Gasteiger partial charge is 0.347 e. The lowest BCUT2D eigenvalue weighted by Crippen LogP contribution is -2.55. The highest BCUT2D eigenvalue weighted by molar-refractivity contribution is 5.06. The van der Waals surface area contributed by atoms with E-state index in [4.69, 9.17) is 18.9 Å². The van der Waals surface area contributed by atoms with E-state index >= 15 is 0 Å². The third-order valence-electron chi connectivity index (χ3n) is 12.3. The Morgan fingerprint density at radius 1 is 0.730 bits per heavy atom. The molecule has 37 heavy (non-hydrogen) atoms. The average Bonchev–Trinajstić information content (AvgIpc) is 3.69. The molecule has 3 saturated carbocycles. The van der Waals surface area contributed by atoms with E-state index < -0.39 is 11.6 Å². The maximum absolute atomic E-state index is 6.70. The predicted octanol–water partition coefficient (Wildman–Crippen LogP) is 6.26. The van der Waals surface area contributed by atoms with Crippen molar-refractivity contribution < 1.29 is 18.9 Å². The van der Waals surface area contributed by atoms with E-state index in [1.807, 2.05) is 0 Å². The van der Waals surface area contributed by atoms with Crippen molar-refractivity contribution in [3.8, 4) is 0 Å². The molecule has 212 valence electrons. The molecule has 0 aromatic carbocycles. The van der Waals surface area contributed by atoms with E-state index in [0.717, 1.165) is 51.1 Å². The van der Waals surface area contributed by atoms with Crippen LogP contribution in [0, 0.1) is 58.7 Å². The fourth-order valence-electron chi connectivity index (χ4n) is 10.2. The lowest BCUT2D eigenvalue weighted by molar-refractivity contribution is -0.281. The van der Waals surface area contributed by atoms with Gasteiger partial charge in [-0.2, -0.15) is 0 Å². The molecule has 1 N–H and O–H groups in total. The van der Waals surface area contributed by atoms with Gasteiger partial charge in [0, 0.05) is 31.2 Å². The van der Waals surface area contributed by atoms with Crippen LogP contribution < -0.4 is 5.32 Å². The van der Waals surface area contributed by atoms with Gasteiger partial charge in [0.05, 0.1) is 26.4 Å². The Hall–Kier alpha value is -0.200. The van der Waals surface area contributed by atoms with Gasteiger partial charge in [-0.15, -0.1) is 0 Å². The summed E-state index contributed by atoms with van der Waals surface area (Å²) in [7, 11) is 0. The lowest BCUT2D eigenvalue weighted by atomic mass is 9.60. The molecule has 3 heterocycles. The van der Waals surface area contributed by atoms with Crippen LogP contribution in [0.3, 0.4) is 0 Å². The van der Waals surface area contributed by atoms with Gasteiger partial charge in [0.1, 0.15) is 0 Å². The fraction of sp³-hybridized carbons (Fsp3) is 1.00. The van der Waals surface area contributed by atoms with Crippen LogP contribution in [0.4, 0.5) is 0 Å². The maximum Gasteiger partial charge on any atom is 0.172 e. The Morgan fingerprint density at radius 2 is 1.38 bits per heavy atom. The summed E-state index contributed by atoms with van der Waals surface area (Å²) < 4.78 is 26.4. The molecule has 0 aromatic rings. The van der Waals surface area contributed by atoms with E-state index in [1.54, 1.807) is 0 Å². The van der Waals surface area contributed by atoms with Crippen LogP contribution in [0.25, 0.3) is 0 Å². The Morgan fingerprint density at radius 3 is 1.97 bits per heavy atom. The van der Waals surface area contributed by atoms with E-state index in [1.165, 1.54) is 58.0 Å². The Bertz CT molecular complexity index is 780.